The second kappa shape index (κ2) is 8.08. The molecule has 18 heavy (non-hydrogen) atoms. The van der Waals surface area contributed by atoms with Gasteiger partial charge in [0, 0.05) is 13.0 Å². The molecule has 0 radical (unpaired) electrons. The summed E-state index contributed by atoms with van der Waals surface area (Å²) in [6.45, 7) is 6.55. The summed E-state index contributed by atoms with van der Waals surface area (Å²) >= 11 is 0. The molecule has 0 aromatic heterocycles. The van der Waals surface area contributed by atoms with Crippen molar-refractivity contribution in [3.05, 3.63) is 0 Å². The third-order valence-electron chi connectivity index (χ3n) is 3.05. The fourth-order valence-electron chi connectivity index (χ4n) is 1.67. The van der Waals surface area contributed by atoms with Crippen LogP contribution in [0.4, 0.5) is 0 Å². The van der Waals surface area contributed by atoms with Crippen molar-refractivity contribution in [1.29, 1.82) is 0 Å². The first-order chi connectivity index (χ1) is 8.28. The minimum Gasteiger partial charge on any atom is -0.481 e. The lowest BCUT2D eigenvalue weighted by Gasteiger charge is -2.24. The Labute approximate surface area is 109 Å². The Morgan fingerprint density at radius 2 is 1.94 bits per heavy atom. The van der Waals surface area contributed by atoms with Crippen LogP contribution in [0.25, 0.3) is 0 Å². The Balaban J connectivity index is 3.88. The summed E-state index contributed by atoms with van der Waals surface area (Å²) in [5.41, 5.74) is 5.60. The van der Waals surface area contributed by atoms with Crippen molar-refractivity contribution in [3.8, 4) is 0 Å². The molecule has 0 unspecified atom stereocenters. The molecule has 1 amide bonds. The second-order valence-corrected chi connectivity index (χ2v) is 5.49. The van der Waals surface area contributed by atoms with Gasteiger partial charge >= 0.3 is 5.97 Å². The number of carboxylic acid groups (broad SMARTS) is 1. The Morgan fingerprint density at radius 1 is 1.33 bits per heavy atom. The van der Waals surface area contributed by atoms with E-state index >= 15 is 0 Å². The van der Waals surface area contributed by atoms with Gasteiger partial charge in [0.15, 0.2) is 0 Å². The molecule has 5 heteroatoms. The second-order valence-electron chi connectivity index (χ2n) is 5.49. The quantitative estimate of drug-likeness (QED) is 0.584. The summed E-state index contributed by atoms with van der Waals surface area (Å²) in [4.78, 5) is 22.1. The maximum atomic E-state index is 11.6. The van der Waals surface area contributed by atoms with Crippen LogP contribution in [0.3, 0.4) is 0 Å². The number of hydrogen-bond acceptors (Lipinski definition) is 3. The van der Waals surface area contributed by atoms with Crippen LogP contribution in [0.2, 0.25) is 0 Å². The average molecular weight is 258 g/mol. The summed E-state index contributed by atoms with van der Waals surface area (Å²) in [7, 11) is 0. The molecule has 0 aliphatic heterocycles. The Kier molecular flexibility index (Phi) is 7.59. The van der Waals surface area contributed by atoms with Gasteiger partial charge in [-0.3, -0.25) is 9.59 Å². The van der Waals surface area contributed by atoms with Crippen molar-refractivity contribution in [3.63, 3.8) is 0 Å². The van der Waals surface area contributed by atoms with Gasteiger partial charge < -0.3 is 16.2 Å². The summed E-state index contributed by atoms with van der Waals surface area (Å²) in [6.07, 6.45) is 3.10. The van der Waals surface area contributed by atoms with Crippen molar-refractivity contribution < 1.29 is 14.7 Å². The van der Waals surface area contributed by atoms with Crippen molar-refractivity contribution in [2.75, 3.05) is 6.54 Å². The number of hydrogen-bond donors (Lipinski definition) is 3. The molecule has 0 aromatic rings. The standard InChI is InChI=1S/C13H26N2O3/c1-4-5-10(14)12(18)15-9-8-13(2,3)7-6-11(16)17/h10H,4-9,14H2,1-3H3,(H,15,18)(H,16,17)/t10-/m0/s1. The van der Waals surface area contributed by atoms with Gasteiger partial charge in [-0.2, -0.15) is 0 Å². The number of aliphatic carboxylic acids is 1. The lowest BCUT2D eigenvalue weighted by molar-refractivity contribution is -0.137. The minimum absolute atomic E-state index is 0.0828. The fourth-order valence-corrected chi connectivity index (χ4v) is 1.67. The van der Waals surface area contributed by atoms with Crippen LogP contribution in [0.5, 0.6) is 0 Å². The first kappa shape index (κ1) is 16.9. The largest absolute Gasteiger partial charge is 0.481 e. The van der Waals surface area contributed by atoms with Crippen LogP contribution in [0.15, 0.2) is 0 Å². The van der Waals surface area contributed by atoms with E-state index in [0.29, 0.717) is 19.4 Å². The number of amides is 1. The molecule has 0 spiro atoms. The van der Waals surface area contributed by atoms with Crippen molar-refractivity contribution in [1.82, 2.24) is 5.32 Å². The lowest BCUT2D eigenvalue weighted by atomic mass is 9.84. The number of carbonyl (C=O) groups is 2. The van der Waals surface area contributed by atoms with E-state index in [4.69, 9.17) is 10.8 Å². The van der Waals surface area contributed by atoms with Gasteiger partial charge in [0.05, 0.1) is 6.04 Å². The normalized spacial score (nSPS) is 13.1. The van der Waals surface area contributed by atoms with E-state index in [-0.39, 0.29) is 17.7 Å². The Morgan fingerprint density at radius 3 is 2.44 bits per heavy atom. The fraction of sp³-hybridized carbons (Fsp3) is 0.846. The zero-order chi connectivity index (χ0) is 14.2. The van der Waals surface area contributed by atoms with Crippen LogP contribution in [-0.2, 0) is 9.59 Å². The van der Waals surface area contributed by atoms with Gasteiger partial charge in [0.1, 0.15) is 0 Å². The molecule has 0 fully saturated rings. The number of nitrogens with two attached hydrogens (primary N) is 1. The highest BCUT2D eigenvalue weighted by Gasteiger charge is 2.20. The number of rotatable bonds is 9. The smallest absolute Gasteiger partial charge is 0.303 e. The predicted octanol–water partition coefficient (Wildman–Crippen LogP) is 1.51. The molecule has 0 saturated carbocycles. The van der Waals surface area contributed by atoms with E-state index in [1.165, 1.54) is 0 Å². The van der Waals surface area contributed by atoms with E-state index in [0.717, 1.165) is 12.8 Å². The maximum Gasteiger partial charge on any atom is 0.303 e. The van der Waals surface area contributed by atoms with Gasteiger partial charge in [-0.25, -0.2) is 0 Å². The van der Waals surface area contributed by atoms with Crippen LogP contribution in [0, 0.1) is 5.41 Å². The molecule has 5 nitrogen and oxygen atoms in total. The molecule has 0 rings (SSSR count). The lowest BCUT2D eigenvalue weighted by Crippen LogP contribution is -2.41. The third kappa shape index (κ3) is 8.06. The van der Waals surface area contributed by atoms with Crippen molar-refractivity contribution >= 4 is 11.9 Å². The van der Waals surface area contributed by atoms with E-state index in [2.05, 4.69) is 5.32 Å². The zero-order valence-corrected chi connectivity index (χ0v) is 11.7. The molecule has 0 aromatic carbocycles. The highest BCUT2D eigenvalue weighted by molar-refractivity contribution is 5.81. The molecule has 4 N–H and O–H groups in total. The molecule has 106 valence electrons. The molecule has 0 saturated heterocycles. The van der Waals surface area contributed by atoms with Gasteiger partial charge in [-0.05, 0) is 24.7 Å². The van der Waals surface area contributed by atoms with E-state index in [1.54, 1.807) is 0 Å². The van der Waals surface area contributed by atoms with E-state index in [1.807, 2.05) is 20.8 Å². The molecule has 0 aliphatic rings. The summed E-state index contributed by atoms with van der Waals surface area (Å²) in [5.74, 6) is -0.900. The summed E-state index contributed by atoms with van der Waals surface area (Å²) in [5, 5.41) is 11.4. The topological polar surface area (TPSA) is 92.4 Å². The Hall–Kier alpha value is -1.10. The molecular weight excluding hydrogens is 232 g/mol. The molecule has 0 heterocycles. The Bertz CT molecular complexity index is 277. The monoisotopic (exact) mass is 258 g/mol. The van der Waals surface area contributed by atoms with Crippen molar-refractivity contribution in [2.24, 2.45) is 11.1 Å². The summed E-state index contributed by atoms with van der Waals surface area (Å²) < 4.78 is 0. The first-order valence-corrected chi connectivity index (χ1v) is 6.53. The summed E-state index contributed by atoms with van der Waals surface area (Å²) in [6, 6.07) is -0.433. The van der Waals surface area contributed by atoms with Crippen LogP contribution in [0.1, 0.15) is 52.9 Å². The van der Waals surface area contributed by atoms with Crippen molar-refractivity contribution in [2.45, 2.75) is 58.9 Å². The first-order valence-electron chi connectivity index (χ1n) is 6.53. The van der Waals surface area contributed by atoms with Gasteiger partial charge in [-0.15, -0.1) is 0 Å². The van der Waals surface area contributed by atoms with E-state index in [9.17, 15) is 9.59 Å². The SMILES string of the molecule is CCC[C@H](N)C(=O)NCCC(C)(C)CCC(=O)O. The molecule has 1 atom stereocenters. The van der Waals surface area contributed by atoms with Crippen LogP contribution < -0.4 is 11.1 Å². The van der Waals surface area contributed by atoms with Crippen LogP contribution in [-0.4, -0.2) is 29.6 Å². The third-order valence-corrected chi connectivity index (χ3v) is 3.05. The number of carbonyl (C=O) groups excluding carboxylic acids is 1. The van der Waals surface area contributed by atoms with E-state index < -0.39 is 12.0 Å². The highest BCUT2D eigenvalue weighted by atomic mass is 16.4. The van der Waals surface area contributed by atoms with Gasteiger partial charge in [-0.1, -0.05) is 27.2 Å². The number of carboxylic acids is 1. The average Bonchev–Trinajstić information content (AvgIpc) is 2.26. The zero-order valence-electron chi connectivity index (χ0n) is 11.7. The van der Waals surface area contributed by atoms with Gasteiger partial charge in [0.25, 0.3) is 0 Å². The number of nitrogens with one attached hydrogen (secondary N) is 1. The highest BCUT2D eigenvalue weighted by Crippen LogP contribution is 2.25. The van der Waals surface area contributed by atoms with Crippen LogP contribution >= 0.6 is 0 Å². The molecule has 0 bridgehead atoms. The predicted molar refractivity (Wildman–Crippen MR) is 71.2 cm³/mol. The molecule has 0 aliphatic carbocycles. The minimum atomic E-state index is -0.780. The maximum absolute atomic E-state index is 11.6. The molecular formula is C13H26N2O3. The van der Waals surface area contributed by atoms with Gasteiger partial charge in [0.2, 0.25) is 5.91 Å².